The third-order valence-corrected chi connectivity index (χ3v) is 5.51. The van der Waals surface area contributed by atoms with Crippen molar-refractivity contribution in [3.8, 4) is 17.0 Å². The van der Waals surface area contributed by atoms with Crippen molar-refractivity contribution >= 4 is 5.69 Å². The van der Waals surface area contributed by atoms with E-state index in [0.29, 0.717) is 5.41 Å². The van der Waals surface area contributed by atoms with Crippen LogP contribution in [-0.2, 0) is 5.41 Å². The molecule has 0 atom stereocenters. The van der Waals surface area contributed by atoms with Crippen molar-refractivity contribution in [3.63, 3.8) is 0 Å². The predicted molar refractivity (Wildman–Crippen MR) is 89.5 cm³/mol. The Morgan fingerprint density at radius 2 is 1.95 bits per heavy atom. The summed E-state index contributed by atoms with van der Waals surface area (Å²) in [6, 6.07) is 8.59. The van der Waals surface area contributed by atoms with Crippen LogP contribution in [0.15, 0.2) is 30.5 Å². The highest BCUT2D eigenvalue weighted by molar-refractivity contribution is 5.77. The third kappa shape index (κ3) is 1.84. The van der Waals surface area contributed by atoms with Crippen molar-refractivity contribution in [1.82, 2.24) is 4.98 Å². The van der Waals surface area contributed by atoms with E-state index in [2.05, 4.69) is 35.1 Å². The molecule has 0 amide bonds. The Bertz CT molecular complexity index is 712. The average molecular weight is 294 g/mol. The Balaban J connectivity index is 1.89. The van der Waals surface area contributed by atoms with E-state index in [0.717, 1.165) is 23.2 Å². The molecule has 4 rings (SSSR count). The molecule has 1 saturated carbocycles. The highest BCUT2D eigenvalue weighted by atomic mass is 16.3. The second-order valence-electron chi connectivity index (χ2n) is 6.90. The van der Waals surface area contributed by atoms with E-state index in [1.807, 2.05) is 13.0 Å². The van der Waals surface area contributed by atoms with Gasteiger partial charge in [-0.3, -0.25) is 0 Å². The Morgan fingerprint density at radius 3 is 2.68 bits per heavy atom. The SMILES string of the molecule is Cc1ccnc(O)c1-c1ccc2c(c1)C1(CCCC1)CN2C. The van der Waals surface area contributed by atoms with E-state index in [4.69, 9.17) is 0 Å². The molecular formula is C19H22N2O. The minimum atomic E-state index is 0.131. The summed E-state index contributed by atoms with van der Waals surface area (Å²) in [7, 11) is 2.19. The molecule has 2 heterocycles. The van der Waals surface area contributed by atoms with Gasteiger partial charge >= 0.3 is 0 Å². The van der Waals surface area contributed by atoms with Crippen LogP contribution in [0.2, 0.25) is 0 Å². The summed E-state index contributed by atoms with van der Waals surface area (Å²) in [4.78, 5) is 6.45. The van der Waals surface area contributed by atoms with E-state index >= 15 is 0 Å². The molecule has 0 radical (unpaired) electrons. The maximum absolute atomic E-state index is 10.2. The van der Waals surface area contributed by atoms with Crippen molar-refractivity contribution in [2.24, 2.45) is 0 Å². The summed E-state index contributed by atoms with van der Waals surface area (Å²) in [6.07, 6.45) is 6.88. The second kappa shape index (κ2) is 4.73. The predicted octanol–water partition coefficient (Wildman–Crippen LogP) is 4.02. The molecule has 1 aliphatic heterocycles. The molecule has 2 aliphatic rings. The highest BCUT2D eigenvalue weighted by Gasteiger charge is 2.43. The molecule has 1 aromatic carbocycles. The van der Waals surface area contributed by atoms with Gasteiger partial charge in [-0.15, -0.1) is 0 Å². The minimum Gasteiger partial charge on any atom is -0.493 e. The monoisotopic (exact) mass is 294 g/mol. The largest absolute Gasteiger partial charge is 0.493 e. The van der Waals surface area contributed by atoms with E-state index in [9.17, 15) is 5.11 Å². The van der Waals surface area contributed by atoms with E-state index in [1.54, 1.807) is 6.20 Å². The standard InChI is InChI=1S/C19H22N2O/c1-13-7-10-20-18(22)17(13)14-5-6-16-15(11-14)19(12-21(16)2)8-3-4-9-19/h5-7,10-11H,3-4,8-9,12H2,1-2H3,(H,20,22). The zero-order chi connectivity index (χ0) is 15.3. The molecule has 0 bridgehead atoms. The molecule has 2 aromatic rings. The molecule has 3 nitrogen and oxygen atoms in total. The molecule has 1 aliphatic carbocycles. The molecule has 0 unspecified atom stereocenters. The first-order valence-electron chi connectivity index (χ1n) is 8.11. The third-order valence-electron chi connectivity index (χ3n) is 5.51. The lowest BCUT2D eigenvalue weighted by atomic mass is 9.80. The summed E-state index contributed by atoms with van der Waals surface area (Å²) in [5, 5.41) is 10.2. The lowest BCUT2D eigenvalue weighted by Gasteiger charge is -2.24. The number of aromatic nitrogens is 1. The lowest BCUT2D eigenvalue weighted by Crippen LogP contribution is -2.28. The number of pyridine rings is 1. The van der Waals surface area contributed by atoms with Crippen molar-refractivity contribution < 1.29 is 5.11 Å². The number of fused-ring (bicyclic) bond motifs is 2. The number of hydrogen-bond acceptors (Lipinski definition) is 3. The van der Waals surface area contributed by atoms with Gasteiger partial charge in [-0.1, -0.05) is 18.9 Å². The van der Waals surface area contributed by atoms with Crippen molar-refractivity contribution in [1.29, 1.82) is 0 Å². The second-order valence-corrected chi connectivity index (χ2v) is 6.90. The lowest BCUT2D eigenvalue weighted by molar-refractivity contribution is 0.455. The number of aromatic hydroxyl groups is 1. The molecule has 1 N–H and O–H groups in total. The first-order chi connectivity index (χ1) is 10.6. The first kappa shape index (κ1) is 13.6. The maximum Gasteiger partial charge on any atom is 0.219 e. The number of benzene rings is 1. The van der Waals surface area contributed by atoms with Gasteiger partial charge in [-0.05, 0) is 54.7 Å². The van der Waals surface area contributed by atoms with Gasteiger partial charge in [0, 0.05) is 36.5 Å². The normalized spacial score (nSPS) is 18.9. The first-order valence-corrected chi connectivity index (χ1v) is 8.11. The summed E-state index contributed by atoms with van der Waals surface area (Å²) in [5.74, 6) is 0.131. The Labute approximate surface area is 131 Å². The number of rotatable bonds is 1. The van der Waals surface area contributed by atoms with Gasteiger partial charge in [-0.25, -0.2) is 4.98 Å². The Hall–Kier alpha value is -2.03. The number of likely N-dealkylation sites (N-methyl/N-ethyl adjacent to an activating group) is 1. The van der Waals surface area contributed by atoms with Gasteiger partial charge in [0.05, 0.1) is 0 Å². The van der Waals surface area contributed by atoms with Crippen molar-refractivity contribution in [2.45, 2.75) is 38.0 Å². The molecular weight excluding hydrogens is 272 g/mol. The van der Waals surface area contributed by atoms with Gasteiger partial charge in [-0.2, -0.15) is 0 Å². The molecule has 114 valence electrons. The van der Waals surface area contributed by atoms with Crippen LogP contribution in [-0.4, -0.2) is 23.7 Å². The quantitative estimate of drug-likeness (QED) is 0.863. The minimum absolute atomic E-state index is 0.131. The fourth-order valence-corrected chi connectivity index (χ4v) is 4.45. The zero-order valence-corrected chi connectivity index (χ0v) is 13.3. The fraction of sp³-hybridized carbons (Fsp3) is 0.421. The van der Waals surface area contributed by atoms with Gasteiger partial charge in [0.15, 0.2) is 0 Å². The van der Waals surface area contributed by atoms with Crippen LogP contribution in [0.4, 0.5) is 5.69 Å². The van der Waals surface area contributed by atoms with Gasteiger partial charge in [0.1, 0.15) is 0 Å². The van der Waals surface area contributed by atoms with Gasteiger partial charge in [0.25, 0.3) is 0 Å². The smallest absolute Gasteiger partial charge is 0.219 e. The molecule has 3 heteroatoms. The van der Waals surface area contributed by atoms with Gasteiger partial charge in [0.2, 0.25) is 5.88 Å². The molecule has 0 saturated heterocycles. The summed E-state index contributed by atoms with van der Waals surface area (Å²) in [6.45, 7) is 3.16. The van der Waals surface area contributed by atoms with E-state index in [-0.39, 0.29) is 5.88 Å². The van der Waals surface area contributed by atoms with E-state index in [1.165, 1.54) is 36.9 Å². The van der Waals surface area contributed by atoms with Crippen molar-refractivity contribution in [2.75, 3.05) is 18.5 Å². The zero-order valence-electron chi connectivity index (χ0n) is 13.3. The highest BCUT2D eigenvalue weighted by Crippen LogP contribution is 2.51. The molecule has 1 fully saturated rings. The van der Waals surface area contributed by atoms with Crippen LogP contribution in [0.25, 0.3) is 11.1 Å². The Kier molecular flexibility index (Phi) is 2.93. The Morgan fingerprint density at radius 1 is 1.18 bits per heavy atom. The molecule has 1 spiro atoms. The van der Waals surface area contributed by atoms with Crippen molar-refractivity contribution in [3.05, 3.63) is 41.6 Å². The van der Waals surface area contributed by atoms with Crippen LogP contribution in [0, 0.1) is 6.92 Å². The number of anilines is 1. The summed E-state index contributed by atoms with van der Waals surface area (Å²) in [5.41, 5.74) is 6.17. The van der Waals surface area contributed by atoms with Gasteiger partial charge < -0.3 is 10.0 Å². The number of hydrogen-bond donors (Lipinski definition) is 1. The topological polar surface area (TPSA) is 36.4 Å². The summed E-state index contributed by atoms with van der Waals surface area (Å²) < 4.78 is 0. The fourth-order valence-electron chi connectivity index (χ4n) is 4.45. The molecule has 1 aromatic heterocycles. The van der Waals surface area contributed by atoms with Crippen LogP contribution in [0.5, 0.6) is 5.88 Å². The molecule has 22 heavy (non-hydrogen) atoms. The average Bonchev–Trinajstić information content (AvgIpc) is 3.06. The van der Waals surface area contributed by atoms with Crippen LogP contribution in [0.1, 0.15) is 36.8 Å². The van der Waals surface area contributed by atoms with E-state index < -0.39 is 0 Å². The van der Waals surface area contributed by atoms with Crippen LogP contribution >= 0.6 is 0 Å². The maximum atomic E-state index is 10.2. The number of nitrogens with zero attached hydrogens (tertiary/aromatic N) is 2. The van der Waals surface area contributed by atoms with Crippen LogP contribution < -0.4 is 4.90 Å². The van der Waals surface area contributed by atoms with Crippen LogP contribution in [0.3, 0.4) is 0 Å². The number of aryl methyl sites for hydroxylation is 1. The summed E-state index contributed by atoms with van der Waals surface area (Å²) >= 11 is 0.